The zero-order chi connectivity index (χ0) is 16.5. The van der Waals surface area contributed by atoms with Gasteiger partial charge in [0, 0.05) is 6.54 Å². The first-order chi connectivity index (χ1) is 11.8. The van der Waals surface area contributed by atoms with Crippen molar-refractivity contribution in [3.8, 4) is 23.0 Å². The molecule has 0 fully saturated rings. The number of nitrogens with one attached hydrogen (secondary N) is 1. The Kier molecular flexibility index (Phi) is 3.94. The second kappa shape index (κ2) is 6.24. The van der Waals surface area contributed by atoms with Crippen LogP contribution in [0.4, 0.5) is 0 Å². The Bertz CT molecular complexity index is 759. The van der Waals surface area contributed by atoms with E-state index in [-0.39, 0.29) is 6.04 Å². The smallest absolute Gasteiger partial charge is 0.231 e. The summed E-state index contributed by atoms with van der Waals surface area (Å²) >= 11 is 0. The summed E-state index contributed by atoms with van der Waals surface area (Å²) in [7, 11) is 1.68. The fraction of sp³-hybridized carbons (Fsp3) is 0.368. The molecule has 0 bridgehead atoms. The molecule has 0 amide bonds. The molecule has 24 heavy (non-hydrogen) atoms. The molecule has 1 atom stereocenters. The van der Waals surface area contributed by atoms with E-state index in [1.54, 1.807) is 7.11 Å². The molecule has 0 saturated carbocycles. The van der Waals surface area contributed by atoms with Gasteiger partial charge < -0.3 is 24.3 Å². The molecule has 126 valence electrons. The van der Waals surface area contributed by atoms with Crippen molar-refractivity contribution in [3.05, 3.63) is 47.0 Å². The topological polar surface area (TPSA) is 49.0 Å². The van der Waals surface area contributed by atoms with E-state index < -0.39 is 0 Å². The molecule has 0 radical (unpaired) electrons. The second-order valence-electron chi connectivity index (χ2n) is 5.88. The molecule has 0 spiro atoms. The van der Waals surface area contributed by atoms with E-state index in [1.165, 1.54) is 11.1 Å². The second-order valence-corrected chi connectivity index (χ2v) is 5.88. The number of ether oxygens (including phenoxy) is 4. The third kappa shape index (κ3) is 2.55. The maximum Gasteiger partial charge on any atom is 0.231 e. The summed E-state index contributed by atoms with van der Waals surface area (Å²) < 4.78 is 22.2. The van der Waals surface area contributed by atoms with Gasteiger partial charge in [0.2, 0.25) is 6.79 Å². The zero-order valence-electron chi connectivity index (χ0n) is 13.9. The number of methoxy groups -OCH3 is 1. The molecule has 0 saturated heterocycles. The summed E-state index contributed by atoms with van der Waals surface area (Å²) in [5.74, 6) is 3.19. The predicted octanol–water partition coefficient (Wildman–Crippen LogP) is 3.06. The van der Waals surface area contributed by atoms with Crippen molar-refractivity contribution < 1.29 is 18.9 Å². The fourth-order valence-corrected chi connectivity index (χ4v) is 3.38. The Morgan fingerprint density at radius 1 is 1.12 bits per heavy atom. The van der Waals surface area contributed by atoms with Gasteiger partial charge in [0.15, 0.2) is 23.0 Å². The standard InChI is InChI=1S/C19H21NO4/c1-3-22-18-8-12-6-7-20-19(14(12)10-16(18)21-2)13-4-5-15-17(9-13)24-11-23-15/h4-5,8-10,19-20H,3,6-7,11H2,1-2H3/t19-/m1/s1. The predicted molar refractivity (Wildman–Crippen MR) is 90.3 cm³/mol. The van der Waals surface area contributed by atoms with Crippen molar-refractivity contribution >= 4 is 0 Å². The highest BCUT2D eigenvalue weighted by atomic mass is 16.7. The Hall–Kier alpha value is -2.40. The van der Waals surface area contributed by atoms with E-state index in [1.807, 2.05) is 13.0 Å². The molecule has 5 nitrogen and oxygen atoms in total. The van der Waals surface area contributed by atoms with E-state index in [9.17, 15) is 0 Å². The van der Waals surface area contributed by atoms with Gasteiger partial charge in [-0.2, -0.15) is 0 Å². The molecule has 2 heterocycles. The summed E-state index contributed by atoms with van der Waals surface area (Å²) in [5, 5.41) is 3.59. The maximum absolute atomic E-state index is 5.71. The van der Waals surface area contributed by atoms with E-state index >= 15 is 0 Å². The molecule has 2 aromatic carbocycles. The third-order valence-electron chi connectivity index (χ3n) is 4.51. The zero-order valence-corrected chi connectivity index (χ0v) is 13.9. The molecule has 0 unspecified atom stereocenters. The summed E-state index contributed by atoms with van der Waals surface area (Å²) in [6.07, 6.45) is 0.973. The highest BCUT2D eigenvalue weighted by Gasteiger charge is 2.25. The van der Waals surface area contributed by atoms with Crippen LogP contribution in [-0.4, -0.2) is 27.1 Å². The molecular formula is C19H21NO4. The monoisotopic (exact) mass is 327 g/mol. The van der Waals surface area contributed by atoms with Crippen molar-refractivity contribution in [1.29, 1.82) is 0 Å². The number of rotatable bonds is 4. The Morgan fingerprint density at radius 2 is 2.00 bits per heavy atom. The molecule has 0 aromatic heterocycles. The lowest BCUT2D eigenvalue weighted by Gasteiger charge is -2.28. The van der Waals surface area contributed by atoms with Gasteiger partial charge >= 0.3 is 0 Å². The Morgan fingerprint density at radius 3 is 2.83 bits per heavy atom. The van der Waals surface area contributed by atoms with E-state index in [0.717, 1.165) is 41.5 Å². The van der Waals surface area contributed by atoms with Gasteiger partial charge in [0.25, 0.3) is 0 Å². The van der Waals surface area contributed by atoms with Crippen molar-refractivity contribution in [1.82, 2.24) is 5.32 Å². The molecule has 4 rings (SSSR count). The van der Waals surface area contributed by atoms with Crippen LogP contribution in [0, 0.1) is 0 Å². The summed E-state index contributed by atoms with van der Waals surface area (Å²) in [6, 6.07) is 10.4. The minimum Gasteiger partial charge on any atom is -0.493 e. The number of hydrogen-bond acceptors (Lipinski definition) is 5. The Balaban J connectivity index is 1.75. The quantitative estimate of drug-likeness (QED) is 0.935. The van der Waals surface area contributed by atoms with Gasteiger partial charge in [0.05, 0.1) is 19.8 Å². The minimum atomic E-state index is 0.104. The van der Waals surface area contributed by atoms with Crippen LogP contribution in [0.5, 0.6) is 23.0 Å². The minimum absolute atomic E-state index is 0.104. The van der Waals surface area contributed by atoms with Gasteiger partial charge in [-0.1, -0.05) is 6.07 Å². The largest absolute Gasteiger partial charge is 0.493 e. The molecule has 5 heteroatoms. The highest BCUT2D eigenvalue weighted by Crippen LogP contribution is 2.40. The fourth-order valence-electron chi connectivity index (χ4n) is 3.38. The van der Waals surface area contributed by atoms with E-state index in [0.29, 0.717) is 13.4 Å². The van der Waals surface area contributed by atoms with Crippen LogP contribution in [0.15, 0.2) is 30.3 Å². The SMILES string of the molecule is CCOc1cc2c(cc1OC)[C@@H](c1ccc3c(c1)OCO3)NCC2. The van der Waals surface area contributed by atoms with Crippen LogP contribution < -0.4 is 24.3 Å². The van der Waals surface area contributed by atoms with Crippen LogP contribution in [-0.2, 0) is 6.42 Å². The number of benzene rings is 2. The van der Waals surface area contributed by atoms with Crippen molar-refractivity contribution in [2.24, 2.45) is 0 Å². The van der Waals surface area contributed by atoms with Gasteiger partial charge in [-0.15, -0.1) is 0 Å². The van der Waals surface area contributed by atoms with Crippen LogP contribution in [0.1, 0.15) is 29.7 Å². The van der Waals surface area contributed by atoms with Crippen molar-refractivity contribution in [2.75, 3.05) is 27.1 Å². The molecule has 2 aromatic rings. The normalized spacial score (nSPS) is 18.2. The lowest BCUT2D eigenvalue weighted by atomic mass is 9.89. The van der Waals surface area contributed by atoms with Crippen LogP contribution in [0.3, 0.4) is 0 Å². The summed E-state index contributed by atoms with van der Waals surface area (Å²) in [5.41, 5.74) is 3.67. The van der Waals surface area contributed by atoms with Crippen LogP contribution >= 0.6 is 0 Å². The Labute approximate surface area is 141 Å². The van der Waals surface area contributed by atoms with E-state index in [4.69, 9.17) is 18.9 Å². The first-order valence-electron chi connectivity index (χ1n) is 8.26. The van der Waals surface area contributed by atoms with Crippen molar-refractivity contribution in [2.45, 2.75) is 19.4 Å². The lowest BCUT2D eigenvalue weighted by Crippen LogP contribution is -2.30. The van der Waals surface area contributed by atoms with Gasteiger partial charge in [-0.3, -0.25) is 0 Å². The van der Waals surface area contributed by atoms with Crippen molar-refractivity contribution in [3.63, 3.8) is 0 Å². The number of hydrogen-bond donors (Lipinski definition) is 1. The van der Waals surface area contributed by atoms with Gasteiger partial charge in [0.1, 0.15) is 0 Å². The van der Waals surface area contributed by atoms with Crippen LogP contribution in [0.25, 0.3) is 0 Å². The molecule has 2 aliphatic heterocycles. The van der Waals surface area contributed by atoms with Crippen LogP contribution in [0.2, 0.25) is 0 Å². The first-order valence-corrected chi connectivity index (χ1v) is 8.26. The molecule has 2 aliphatic rings. The summed E-state index contributed by atoms with van der Waals surface area (Å²) in [4.78, 5) is 0. The lowest BCUT2D eigenvalue weighted by molar-refractivity contribution is 0.174. The highest BCUT2D eigenvalue weighted by molar-refractivity contribution is 5.53. The number of fused-ring (bicyclic) bond motifs is 2. The van der Waals surface area contributed by atoms with E-state index in [2.05, 4.69) is 29.6 Å². The first kappa shape index (κ1) is 15.1. The summed E-state index contributed by atoms with van der Waals surface area (Å²) in [6.45, 7) is 3.82. The maximum atomic E-state index is 5.71. The molecular weight excluding hydrogens is 306 g/mol. The van der Waals surface area contributed by atoms with Gasteiger partial charge in [-0.05, 0) is 54.3 Å². The third-order valence-corrected chi connectivity index (χ3v) is 4.51. The molecule has 1 N–H and O–H groups in total. The average molecular weight is 327 g/mol. The van der Waals surface area contributed by atoms with Gasteiger partial charge in [-0.25, -0.2) is 0 Å². The molecule has 0 aliphatic carbocycles. The average Bonchev–Trinajstić information content (AvgIpc) is 3.08.